The maximum atomic E-state index is 10.3. The first-order valence-corrected chi connectivity index (χ1v) is 8.05. The molecule has 21 heavy (non-hydrogen) atoms. The Hall–Kier alpha value is 0.326. The van der Waals surface area contributed by atoms with Gasteiger partial charge >= 0.3 is 57.4 Å². The molecule has 0 saturated carbocycles. The van der Waals surface area contributed by atoms with Crippen LogP contribution in [0.5, 0.6) is 0 Å². The van der Waals surface area contributed by atoms with Gasteiger partial charge in [0.05, 0.1) is 0 Å². The van der Waals surface area contributed by atoms with Crippen LogP contribution in [0.3, 0.4) is 0 Å². The monoisotopic (exact) mass is 316 g/mol. The predicted octanol–water partition coefficient (Wildman–Crippen LogP) is 4.57. The fraction of sp³-hybridized carbons (Fsp3) is 0.611. The van der Waals surface area contributed by atoms with Gasteiger partial charge in [-0.15, -0.1) is 0 Å². The molecule has 0 aliphatic carbocycles. The maximum absolute atomic E-state index is 10.3. The Morgan fingerprint density at radius 2 is 1.24 bits per heavy atom. The fourth-order valence-electron chi connectivity index (χ4n) is 2.49. The van der Waals surface area contributed by atoms with Crippen molar-refractivity contribution < 1.29 is 9.90 Å². The third-order valence-corrected chi connectivity index (χ3v) is 3.70. The molecule has 0 saturated heterocycles. The van der Waals surface area contributed by atoms with Gasteiger partial charge in [0.15, 0.2) is 0 Å². The number of rotatable bonds is 12. The van der Waals surface area contributed by atoms with Crippen LogP contribution in [0.2, 0.25) is 0 Å². The molecule has 0 fully saturated rings. The molecule has 0 aliphatic heterocycles. The van der Waals surface area contributed by atoms with Crippen LogP contribution in [0.25, 0.3) is 0 Å². The van der Waals surface area contributed by atoms with Crippen LogP contribution in [-0.2, 0) is 11.2 Å². The molecule has 1 aromatic carbocycles. The second-order valence-corrected chi connectivity index (χ2v) is 5.56. The summed E-state index contributed by atoms with van der Waals surface area (Å²) < 4.78 is 0. The van der Waals surface area contributed by atoms with Crippen LogP contribution >= 0.6 is 0 Å². The summed E-state index contributed by atoms with van der Waals surface area (Å²) in [4.78, 5) is 10.3. The molecular weight excluding hydrogens is 287 g/mol. The Kier molecular flexibility index (Phi) is 15.5. The molecule has 1 aromatic rings. The van der Waals surface area contributed by atoms with Crippen molar-refractivity contribution in [1.82, 2.24) is 0 Å². The number of carboxylic acid groups (broad SMARTS) is 1. The van der Waals surface area contributed by atoms with E-state index in [0.29, 0.717) is 6.42 Å². The average molecular weight is 317 g/mol. The molecule has 0 aromatic heterocycles. The molecule has 0 radical (unpaired) electrons. The number of aryl methyl sites for hydroxylation is 1. The third-order valence-electron chi connectivity index (χ3n) is 3.70. The minimum absolute atomic E-state index is 0. The van der Waals surface area contributed by atoms with Gasteiger partial charge in [-0.2, -0.15) is 0 Å². The van der Waals surface area contributed by atoms with E-state index in [4.69, 9.17) is 5.11 Å². The van der Waals surface area contributed by atoms with Crippen LogP contribution < -0.4 is 0 Å². The number of unbranched alkanes of at least 4 members (excludes halogenated alkanes) is 8. The molecule has 0 spiro atoms. The predicted molar refractivity (Wildman–Crippen MR) is 91.1 cm³/mol. The Morgan fingerprint density at radius 1 is 0.762 bits per heavy atom. The molecular formula is C18H29KO2. The summed E-state index contributed by atoms with van der Waals surface area (Å²) in [5.74, 6) is -0.664. The van der Waals surface area contributed by atoms with Gasteiger partial charge in [0.2, 0.25) is 0 Å². The molecule has 3 heteroatoms. The second-order valence-electron chi connectivity index (χ2n) is 5.56. The van der Waals surface area contributed by atoms with Crippen molar-refractivity contribution in [3.63, 3.8) is 0 Å². The zero-order chi connectivity index (χ0) is 14.5. The molecule has 2 nitrogen and oxygen atoms in total. The summed E-state index contributed by atoms with van der Waals surface area (Å²) >= 11 is 0. The molecule has 0 unspecified atom stereocenters. The van der Waals surface area contributed by atoms with E-state index in [2.05, 4.69) is 30.3 Å². The van der Waals surface area contributed by atoms with Crippen LogP contribution in [-0.4, -0.2) is 62.5 Å². The van der Waals surface area contributed by atoms with Crippen molar-refractivity contribution in [2.24, 2.45) is 0 Å². The minimum atomic E-state index is -0.664. The molecule has 1 rings (SSSR count). The molecule has 0 aliphatic rings. The van der Waals surface area contributed by atoms with Crippen LogP contribution in [0.15, 0.2) is 30.3 Å². The number of benzene rings is 1. The van der Waals surface area contributed by atoms with Gasteiger partial charge in [0, 0.05) is 6.42 Å². The quantitative estimate of drug-likeness (QED) is 0.453. The average Bonchev–Trinajstić information content (AvgIpc) is 2.45. The van der Waals surface area contributed by atoms with Crippen molar-refractivity contribution in [2.75, 3.05) is 0 Å². The van der Waals surface area contributed by atoms with Crippen molar-refractivity contribution in [1.29, 1.82) is 0 Å². The topological polar surface area (TPSA) is 37.3 Å². The summed E-state index contributed by atoms with van der Waals surface area (Å²) in [6.45, 7) is 0. The van der Waals surface area contributed by atoms with E-state index in [1.54, 1.807) is 0 Å². The molecule has 1 N–H and O–H groups in total. The van der Waals surface area contributed by atoms with Crippen LogP contribution in [0.1, 0.15) is 69.8 Å². The van der Waals surface area contributed by atoms with Crippen molar-refractivity contribution in [3.05, 3.63) is 35.9 Å². The normalized spacial score (nSPS) is 10.1. The standard InChI is InChI=1S/C18H28O2.K.H/c19-18(20)16-12-7-5-3-1-2-4-6-9-13-17-14-10-8-11-15-17;;/h8,10-11,14-15H,1-7,9,12-13,16H2,(H,19,20);;. The first kappa shape index (κ1) is 21.3. The number of carboxylic acids is 1. The first-order valence-electron chi connectivity index (χ1n) is 8.05. The van der Waals surface area contributed by atoms with Gasteiger partial charge in [0.25, 0.3) is 0 Å². The van der Waals surface area contributed by atoms with Crippen LogP contribution in [0.4, 0.5) is 0 Å². The number of carbonyl (C=O) groups is 1. The van der Waals surface area contributed by atoms with Crippen LogP contribution in [0, 0.1) is 0 Å². The molecule has 0 heterocycles. The van der Waals surface area contributed by atoms with E-state index < -0.39 is 5.97 Å². The van der Waals surface area contributed by atoms with E-state index in [0.717, 1.165) is 12.8 Å². The molecule has 0 bridgehead atoms. The Labute approximate surface area is 172 Å². The molecule has 114 valence electrons. The zero-order valence-corrected chi connectivity index (χ0v) is 12.5. The van der Waals surface area contributed by atoms with Crippen molar-refractivity contribution >= 4 is 57.4 Å². The Morgan fingerprint density at radius 3 is 1.76 bits per heavy atom. The van der Waals surface area contributed by atoms with E-state index in [1.165, 1.54) is 56.9 Å². The number of aliphatic carboxylic acids is 1. The van der Waals surface area contributed by atoms with Gasteiger partial charge in [0.1, 0.15) is 0 Å². The zero-order valence-electron chi connectivity index (χ0n) is 12.5. The third kappa shape index (κ3) is 13.7. The van der Waals surface area contributed by atoms with E-state index >= 15 is 0 Å². The molecule has 0 atom stereocenters. The van der Waals surface area contributed by atoms with E-state index in [9.17, 15) is 4.79 Å². The SMILES string of the molecule is O=C(O)CCCCCCCCCCCc1ccccc1.[KH]. The van der Waals surface area contributed by atoms with Crippen molar-refractivity contribution in [2.45, 2.75) is 70.6 Å². The van der Waals surface area contributed by atoms with Gasteiger partial charge in [-0.3, -0.25) is 4.79 Å². The number of hydrogen-bond donors (Lipinski definition) is 1. The fourth-order valence-corrected chi connectivity index (χ4v) is 2.49. The van der Waals surface area contributed by atoms with Crippen molar-refractivity contribution in [3.8, 4) is 0 Å². The summed E-state index contributed by atoms with van der Waals surface area (Å²) in [7, 11) is 0. The second kappa shape index (κ2) is 15.2. The number of hydrogen-bond acceptors (Lipinski definition) is 1. The summed E-state index contributed by atoms with van der Waals surface area (Å²) in [6.07, 6.45) is 12.5. The van der Waals surface area contributed by atoms with Gasteiger partial charge in [-0.1, -0.05) is 75.3 Å². The van der Waals surface area contributed by atoms with Gasteiger partial charge < -0.3 is 5.11 Å². The Bertz CT molecular complexity index is 351. The summed E-state index contributed by atoms with van der Waals surface area (Å²) in [5.41, 5.74) is 1.45. The summed E-state index contributed by atoms with van der Waals surface area (Å²) in [6, 6.07) is 10.7. The first-order chi connectivity index (χ1) is 9.79. The Balaban J connectivity index is 0.00000400. The summed E-state index contributed by atoms with van der Waals surface area (Å²) in [5, 5.41) is 8.52. The van der Waals surface area contributed by atoms with E-state index in [-0.39, 0.29) is 51.4 Å². The molecule has 0 amide bonds. The van der Waals surface area contributed by atoms with E-state index in [1.807, 2.05) is 0 Å². The van der Waals surface area contributed by atoms with Gasteiger partial charge in [-0.25, -0.2) is 0 Å². The van der Waals surface area contributed by atoms with Gasteiger partial charge in [-0.05, 0) is 24.8 Å².